The van der Waals surface area contributed by atoms with E-state index in [0.717, 1.165) is 61.2 Å². The normalized spacial score (nSPS) is 17.2. The fourth-order valence-corrected chi connectivity index (χ4v) is 5.87. The topological polar surface area (TPSA) is 141 Å². The summed E-state index contributed by atoms with van der Waals surface area (Å²) in [4.78, 5) is 38.6. The maximum atomic E-state index is 13.0. The molecule has 0 saturated carbocycles. The summed E-state index contributed by atoms with van der Waals surface area (Å²) in [7, 11) is 0. The van der Waals surface area contributed by atoms with E-state index in [-0.39, 0.29) is 30.3 Å². The molecule has 46 heavy (non-hydrogen) atoms. The van der Waals surface area contributed by atoms with Crippen molar-refractivity contribution in [2.75, 3.05) is 38.0 Å². The molecule has 244 valence electrons. The van der Waals surface area contributed by atoms with E-state index in [9.17, 15) is 22.8 Å². The monoisotopic (exact) mass is 660 g/mol. The first-order chi connectivity index (χ1) is 22.0. The van der Waals surface area contributed by atoms with Gasteiger partial charge in [-0.2, -0.15) is 13.2 Å². The third-order valence-corrected chi connectivity index (χ3v) is 8.21. The fourth-order valence-electron chi connectivity index (χ4n) is 5.63. The van der Waals surface area contributed by atoms with E-state index in [4.69, 9.17) is 25.9 Å². The Bertz CT molecular complexity index is 1620. The molecule has 1 aromatic heterocycles. The molecule has 3 aliphatic rings. The van der Waals surface area contributed by atoms with Crippen molar-refractivity contribution in [3.05, 3.63) is 70.6 Å². The number of carbonyl (C=O) groups is 3. The van der Waals surface area contributed by atoms with E-state index in [1.807, 2.05) is 40.1 Å². The number of likely N-dealkylation sites (tertiary alicyclic amines) is 1. The molecule has 2 aromatic carbocycles. The fraction of sp³-hybridized carbons (Fsp3) is 0.387. The van der Waals surface area contributed by atoms with Crippen molar-refractivity contribution < 1.29 is 37.1 Å². The number of piperidine rings is 1. The Morgan fingerprint density at radius 3 is 2.46 bits per heavy atom. The maximum Gasteiger partial charge on any atom is 0.490 e. The number of rotatable bonds is 5. The maximum absolute atomic E-state index is 13.0. The summed E-state index contributed by atoms with van der Waals surface area (Å²) < 4.78 is 37.6. The second-order valence-electron chi connectivity index (χ2n) is 11.0. The Hall–Kier alpha value is -4.43. The molecule has 3 aliphatic heterocycles. The molecule has 15 heteroatoms. The molecular weight excluding hydrogens is 629 g/mol. The molecule has 11 nitrogen and oxygen atoms in total. The van der Waals surface area contributed by atoms with Gasteiger partial charge in [0.2, 0.25) is 17.7 Å². The number of carboxylic acids is 1. The molecule has 0 aliphatic carbocycles. The molecule has 3 N–H and O–H groups in total. The summed E-state index contributed by atoms with van der Waals surface area (Å²) in [5.74, 6) is -2.18. The Morgan fingerprint density at radius 2 is 1.76 bits per heavy atom. The van der Waals surface area contributed by atoms with Crippen LogP contribution in [-0.4, -0.2) is 88.0 Å². The van der Waals surface area contributed by atoms with E-state index in [2.05, 4.69) is 33.0 Å². The number of hydrogen-bond acceptors (Lipinski definition) is 7. The number of aromatic nitrogens is 2. The molecule has 4 heterocycles. The number of anilines is 1. The summed E-state index contributed by atoms with van der Waals surface area (Å²) >= 11 is 6.40. The number of nitrogens with one attached hydrogen (secondary N) is 2. The molecular formula is C31H32ClF3N6O5. The number of fused-ring (bicyclic) bond motifs is 1. The largest absolute Gasteiger partial charge is 0.490 e. The molecule has 0 spiro atoms. The molecule has 1 fully saturated rings. The number of para-hydroxylation sites is 1. The number of alkyl halides is 3. The summed E-state index contributed by atoms with van der Waals surface area (Å²) in [6.07, 6.45) is 0.342. The second kappa shape index (κ2) is 14.3. The molecule has 1 saturated heterocycles. The number of nitrogens with zero attached hydrogens (tertiary/aromatic N) is 4. The standard InChI is InChI=1S/C29H31ClN6O3.C2HF3O2/c30-23-16-21(19-5-10-31-11-6-19)15-22(17-23)28-34-33-26(39-28)18-27(37)35-12-8-24(9-13-35)36-14-7-20-3-1-2-4-25(20)32-29(36)38;3-2(4,5)1(6)7/h1-5,15-17,24,31H,6-14,18H2,(H,32,38);(H,6,7). The lowest BCUT2D eigenvalue weighted by Gasteiger charge is -2.37. The van der Waals surface area contributed by atoms with Crippen LogP contribution in [-0.2, 0) is 22.4 Å². The van der Waals surface area contributed by atoms with Crippen molar-refractivity contribution in [3.63, 3.8) is 0 Å². The van der Waals surface area contributed by atoms with Gasteiger partial charge in [-0.05, 0) is 73.2 Å². The van der Waals surface area contributed by atoms with Gasteiger partial charge >= 0.3 is 18.2 Å². The van der Waals surface area contributed by atoms with Crippen molar-refractivity contribution in [2.45, 2.75) is 44.3 Å². The summed E-state index contributed by atoms with van der Waals surface area (Å²) in [6.45, 7) is 3.61. The zero-order valence-electron chi connectivity index (χ0n) is 24.6. The van der Waals surface area contributed by atoms with Crippen LogP contribution in [0.1, 0.15) is 36.3 Å². The van der Waals surface area contributed by atoms with Crippen LogP contribution in [0.3, 0.4) is 0 Å². The highest BCUT2D eigenvalue weighted by molar-refractivity contribution is 6.31. The van der Waals surface area contributed by atoms with Crippen LogP contribution in [0.25, 0.3) is 17.0 Å². The van der Waals surface area contributed by atoms with Crippen LogP contribution in [0.15, 0.2) is 53.0 Å². The minimum Gasteiger partial charge on any atom is -0.475 e. The van der Waals surface area contributed by atoms with Crippen LogP contribution in [0.2, 0.25) is 5.02 Å². The molecule has 3 aromatic rings. The first-order valence-electron chi connectivity index (χ1n) is 14.7. The van der Waals surface area contributed by atoms with Gasteiger partial charge in [-0.15, -0.1) is 10.2 Å². The Morgan fingerprint density at radius 1 is 1.04 bits per heavy atom. The number of aliphatic carboxylic acids is 1. The number of benzene rings is 2. The van der Waals surface area contributed by atoms with E-state index in [0.29, 0.717) is 30.5 Å². The molecule has 6 rings (SSSR count). The first-order valence-corrected chi connectivity index (χ1v) is 15.1. The third kappa shape index (κ3) is 8.23. The minimum absolute atomic E-state index is 0.0431. The SMILES string of the molecule is O=C(Cc1nnc(-c2cc(Cl)cc(C3=CCNCC3)c2)o1)N1CCC(N2CCc3ccccc3NC2=O)CC1.O=C(O)C(F)(F)F. The van der Waals surface area contributed by atoms with Crippen LogP contribution < -0.4 is 10.6 Å². The number of hydrogen-bond donors (Lipinski definition) is 3. The Kier molecular flexibility index (Phi) is 10.3. The summed E-state index contributed by atoms with van der Waals surface area (Å²) in [6, 6.07) is 13.7. The average molecular weight is 661 g/mol. The highest BCUT2D eigenvalue weighted by Gasteiger charge is 2.38. The average Bonchev–Trinajstić information content (AvgIpc) is 3.43. The van der Waals surface area contributed by atoms with Crippen molar-refractivity contribution >= 4 is 40.8 Å². The highest BCUT2D eigenvalue weighted by Crippen LogP contribution is 2.30. The van der Waals surface area contributed by atoms with Crippen molar-refractivity contribution in [2.24, 2.45) is 0 Å². The quantitative estimate of drug-likeness (QED) is 0.347. The number of amides is 3. The zero-order chi connectivity index (χ0) is 32.8. The molecule has 0 atom stereocenters. The van der Waals surface area contributed by atoms with Crippen LogP contribution in [0, 0.1) is 0 Å². The van der Waals surface area contributed by atoms with Gasteiger partial charge in [0.05, 0.1) is 0 Å². The first kappa shape index (κ1) is 32.9. The molecule has 0 radical (unpaired) electrons. The number of halogens is 4. The van der Waals surface area contributed by atoms with Crippen molar-refractivity contribution in [1.82, 2.24) is 25.3 Å². The number of urea groups is 1. The van der Waals surface area contributed by atoms with Crippen molar-refractivity contribution in [3.8, 4) is 11.5 Å². The molecule has 0 unspecified atom stereocenters. The van der Waals surface area contributed by atoms with E-state index >= 15 is 0 Å². The van der Waals surface area contributed by atoms with Crippen LogP contribution >= 0.6 is 11.6 Å². The van der Waals surface area contributed by atoms with Gasteiger partial charge in [-0.25, -0.2) is 9.59 Å². The van der Waals surface area contributed by atoms with Gasteiger partial charge in [0.15, 0.2) is 0 Å². The van der Waals surface area contributed by atoms with Gasteiger partial charge in [-0.3, -0.25) is 4.79 Å². The van der Waals surface area contributed by atoms with E-state index in [1.54, 1.807) is 6.07 Å². The Balaban J connectivity index is 0.000000537. The predicted molar refractivity (Wildman–Crippen MR) is 163 cm³/mol. The lowest BCUT2D eigenvalue weighted by molar-refractivity contribution is -0.192. The lowest BCUT2D eigenvalue weighted by atomic mass is 9.98. The number of carbonyl (C=O) groups excluding carboxylic acids is 2. The van der Waals surface area contributed by atoms with E-state index < -0.39 is 12.1 Å². The van der Waals surface area contributed by atoms with Crippen LogP contribution in [0.4, 0.5) is 23.7 Å². The molecule has 0 bridgehead atoms. The highest BCUT2D eigenvalue weighted by atomic mass is 35.5. The van der Waals surface area contributed by atoms with Crippen molar-refractivity contribution in [1.29, 1.82) is 0 Å². The van der Waals surface area contributed by atoms with Gasteiger partial charge in [0, 0.05) is 48.5 Å². The van der Waals surface area contributed by atoms with Gasteiger partial charge in [0.1, 0.15) is 6.42 Å². The predicted octanol–water partition coefficient (Wildman–Crippen LogP) is 5.02. The zero-order valence-corrected chi connectivity index (χ0v) is 25.4. The number of carboxylic acid groups (broad SMARTS) is 1. The van der Waals surface area contributed by atoms with E-state index in [1.165, 1.54) is 5.57 Å². The Labute approximate surface area is 267 Å². The summed E-state index contributed by atoms with van der Waals surface area (Å²) in [5.41, 5.74) is 5.05. The van der Waals surface area contributed by atoms with Crippen LogP contribution in [0.5, 0.6) is 0 Å². The van der Waals surface area contributed by atoms with Gasteiger partial charge in [0.25, 0.3) is 0 Å². The third-order valence-electron chi connectivity index (χ3n) is 7.99. The smallest absolute Gasteiger partial charge is 0.475 e. The minimum atomic E-state index is -5.08. The summed E-state index contributed by atoms with van der Waals surface area (Å²) in [5, 5.41) is 22.4. The molecule has 3 amide bonds. The lowest BCUT2D eigenvalue weighted by Crippen LogP contribution is -2.50. The second-order valence-corrected chi connectivity index (χ2v) is 11.5. The van der Waals surface area contributed by atoms with Gasteiger partial charge in [-0.1, -0.05) is 35.9 Å². The van der Waals surface area contributed by atoms with Gasteiger partial charge < -0.3 is 30.0 Å².